The number of rotatable bonds is 4. The Morgan fingerprint density at radius 1 is 1.37 bits per heavy atom. The minimum atomic E-state index is 0.349. The van der Waals surface area contributed by atoms with Crippen LogP contribution in [-0.2, 0) is 7.05 Å². The van der Waals surface area contributed by atoms with Gasteiger partial charge in [-0.3, -0.25) is 4.68 Å². The fraction of sp³-hybridized carbons (Fsp3) is 0.333. The van der Waals surface area contributed by atoms with Gasteiger partial charge in [-0.15, -0.1) is 11.3 Å². The molecule has 3 aromatic heterocycles. The van der Waals surface area contributed by atoms with Gasteiger partial charge in [0.1, 0.15) is 12.1 Å². The SMILES string of the molecule is CC(CNc1ncnc2c1cnn2C)c1nccs1. The molecule has 1 unspecified atom stereocenters. The second kappa shape index (κ2) is 4.93. The number of aromatic nitrogens is 5. The van der Waals surface area contributed by atoms with E-state index in [1.807, 2.05) is 18.6 Å². The lowest BCUT2D eigenvalue weighted by Gasteiger charge is -2.10. The van der Waals surface area contributed by atoms with Crippen molar-refractivity contribution in [3.8, 4) is 0 Å². The van der Waals surface area contributed by atoms with Gasteiger partial charge in [-0.05, 0) is 0 Å². The summed E-state index contributed by atoms with van der Waals surface area (Å²) in [6.45, 7) is 2.93. The van der Waals surface area contributed by atoms with Gasteiger partial charge in [0.2, 0.25) is 0 Å². The molecule has 1 atom stereocenters. The molecule has 3 aromatic rings. The molecule has 19 heavy (non-hydrogen) atoms. The maximum atomic E-state index is 4.32. The fourth-order valence-corrected chi connectivity index (χ4v) is 2.62. The number of hydrogen-bond donors (Lipinski definition) is 1. The molecule has 6 nitrogen and oxygen atoms in total. The average Bonchev–Trinajstić information content (AvgIpc) is 3.07. The van der Waals surface area contributed by atoms with Crippen molar-refractivity contribution in [2.75, 3.05) is 11.9 Å². The highest BCUT2D eigenvalue weighted by atomic mass is 32.1. The first-order valence-electron chi connectivity index (χ1n) is 6.01. The van der Waals surface area contributed by atoms with Gasteiger partial charge in [0.25, 0.3) is 0 Å². The lowest BCUT2D eigenvalue weighted by Crippen LogP contribution is -2.11. The minimum Gasteiger partial charge on any atom is -0.369 e. The zero-order chi connectivity index (χ0) is 13.2. The first-order chi connectivity index (χ1) is 9.25. The molecule has 0 amide bonds. The highest BCUT2D eigenvalue weighted by Crippen LogP contribution is 2.21. The summed E-state index contributed by atoms with van der Waals surface area (Å²) in [4.78, 5) is 12.8. The number of fused-ring (bicyclic) bond motifs is 1. The summed E-state index contributed by atoms with van der Waals surface area (Å²) in [5.74, 6) is 1.17. The van der Waals surface area contributed by atoms with Crippen molar-refractivity contribution in [2.24, 2.45) is 7.05 Å². The monoisotopic (exact) mass is 274 g/mol. The zero-order valence-electron chi connectivity index (χ0n) is 10.7. The number of hydrogen-bond acceptors (Lipinski definition) is 6. The van der Waals surface area contributed by atoms with Crippen LogP contribution in [0.25, 0.3) is 11.0 Å². The highest BCUT2D eigenvalue weighted by Gasteiger charge is 2.11. The van der Waals surface area contributed by atoms with E-state index in [1.165, 1.54) is 0 Å². The first-order valence-corrected chi connectivity index (χ1v) is 6.89. The molecule has 0 radical (unpaired) electrons. The van der Waals surface area contributed by atoms with E-state index < -0.39 is 0 Å². The van der Waals surface area contributed by atoms with Gasteiger partial charge in [0.15, 0.2) is 5.65 Å². The normalized spacial score (nSPS) is 12.7. The van der Waals surface area contributed by atoms with Crippen LogP contribution in [-0.4, -0.2) is 31.3 Å². The third-order valence-corrected chi connectivity index (χ3v) is 3.99. The maximum absolute atomic E-state index is 4.32. The molecule has 98 valence electrons. The molecule has 0 saturated heterocycles. The van der Waals surface area contributed by atoms with Crippen LogP contribution in [0.15, 0.2) is 24.1 Å². The van der Waals surface area contributed by atoms with Gasteiger partial charge in [-0.1, -0.05) is 6.92 Å². The Balaban J connectivity index is 1.79. The molecule has 0 aliphatic carbocycles. The van der Waals surface area contributed by atoms with Crippen LogP contribution in [0.5, 0.6) is 0 Å². The van der Waals surface area contributed by atoms with E-state index >= 15 is 0 Å². The number of aryl methyl sites for hydroxylation is 1. The molecule has 0 aromatic carbocycles. The van der Waals surface area contributed by atoms with E-state index in [4.69, 9.17) is 0 Å². The average molecular weight is 274 g/mol. The lowest BCUT2D eigenvalue weighted by atomic mass is 10.2. The van der Waals surface area contributed by atoms with Gasteiger partial charge < -0.3 is 5.32 Å². The predicted molar refractivity (Wildman–Crippen MR) is 75.3 cm³/mol. The minimum absolute atomic E-state index is 0.349. The Morgan fingerprint density at radius 3 is 3.05 bits per heavy atom. The largest absolute Gasteiger partial charge is 0.369 e. The third kappa shape index (κ3) is 2.28. The molecule has 0 fully saturated rings. The Hall–Kier alpha value is -2.02. The fourth-order valence-electron chi connectivity index (χ4n) is 1.92. The van der Waals surface area contributed by atoms with E-state index in [2.05, 4.69) is 32.3 Å². The molecule has 0 spiro atoms. The van der Waals surface area contributed by atoms with Crippen LogP contribution in [0.3, 0.4) is 0 Å². The molecule has 7 heteroatoms. The van der Waals surface area contributed by atoms with Crippen molar-refractivity contribution in [2.45, 2.75) is 12.8 Å². The summed E-state index contributed by atoms with van der Waals surface area (Å²) in [5, 5.41) is 11.6. The van der Waals surface area contributed by atoms with Gasteiger partial charge in [0, 0.05) is 31.1 Å². The molecular weight excluding hydrogens is 260 g/mol. The molecule has 0 aliphatic rings. The summed E-state index contributed by atoms with van der Waals surface area (Å²) in [6.07, 6.45) is 5.17. The van der Waals surface area contributed by atoms with Crippen LogP contribution >= 0.6 is 11.3 Å². The maximum Gasteiger partial charge on any atom is 0.163 e. The van der Waals surface area contributed by atoms with Gasteiger partial charge in [0.05, 0.1) is 16.6 Å². The molecule has 3 rings (SSSR count). The Labute approximate surface area is 114 Å². The van der Waals surface area contributed by atoms with E-state index in [-0.39, 0.29) is 0 Å². The van der Waals surface area contributed by atoms with Crippen LogP contribution in [0.4, 0.5) is 5.82 Å². The van der Waals surface area contributed by atoms with Crippen molar-refractivity contribution >= 4 is 28.2 Å². The molecule has 0 aliphatic heterocycles. The van der Waals surface area contributed by atoms with E-state index in [1.54, 1.807) is 28.5 Å². The molecular formula is C12H14N6S. The number of anilines is 1. The second-order valence-electron chi connectivity index (χ2n) is 4.38. The van der Waals surface area contributed by atoms with Crippen molar-refractivity contribution in [3.05, 3.63) is 29.1 Å². The third-order valence-electron chi connectivity index (χ3n) is 2.98. The molecule has 3 heterocycles. The number of nitrogens with one attached hydrogen (secondary N) is 1. The Morgan fingerprint density at radius 2 is 2.26 bits per heavy atom. The second-order valence-corrected chi connectivity index (χ2v) is 5.31. The summed E-state index contributed by atoms with van der Waals surface area (Å²) >= 11 is 1.67. The van der Waals surface area contributed by atoms with Crippen LogP contribution < -0.4 is 5.32 Å². The van der Waals surface area contributed by atoms with Gasteiger partial charge in [-0.25, -0.2) is 15.0 Å². The highest BCUT2D eigenvalue weighted by molar-refractivity contribution is 7.09. The number of thiazole rings is 1. The van der Waals surface area contributed by atoms with Crippen LogP contribution in [0.1, 0.15) is 17.8 Å². The van der Waals surface area contributed by atoms with E-state index in [9.17, 15) is 0 Å². The zero-order valence-corrected chi connectivity index (χ0v) is 11.6. The summed E-state index contributed by atoms with van der Waals surface area (Å²) in [5.41, 5.74) is 0.833. The smallest absolute Gasteiger partial charge is 0.163 e. The van der Waals surface area contributed by atoms with E-state index in [0.717, 1.165) is 28.4 Å². The number of nitrogens with zero attached hydrogens (tertiary/aromatic N) is 5. The van der Waals surface area contributed by atoms with E-state index in [0.29, 0.717) is 5.92 Å². The lowest BCUT2D eigenvalue weighted by molar-refractivity contribution is 0.784. The van der Waals surface area contributed by atoms with Crippen LogP contribution in [0.2, 0.25) is 0 Å². The standard InChI is InChI=1S/C12H14N6S/c1-8(12-13-3-4-19-12)5-14-10-9-6-17-18(2)11(9)16-7-15-10/h3-4,6-8H,5H2,1-2H3,(H,14,15,16). The quantitative estimate of drug-likeness (QED) is 0.788. The van der Waals surface area contributed by atoms with Crippen molar-refractivity contribution in [1.29, 1.82) is 0 Å². The molecule has 0 saturated carbocycles. The Bertz CT molecular complexity index is 675. The van der Waals surface area contributed by atoms with Crippen LogP contribution in [0, 0.1) is 0 Å². The summed E-state index contributed by atoms with van der Waals surface area (Å²) < 4.78 is 1.74. The van der Waals surface area contributed by atoms with Gasteiger partial charge in [-0.2, -0.15) is 5.10 Å². The topological polar surface area (TPSA) is 68.5 Å². The Kier molecular flexibility index (Phi) is 3.12. The molecule has 1 N–H and O–H groups in total. The predicted octanol–water partition coefficient (Wildman–Crippen LogP) is 2.04. The van der Waals surface area contributed by atoms with Crippen molar-refractivity contribution in [1.82, 2.24) is 24.7 Å². The van der Waals surface area contributed by atoms with Crippen molar-refractivity contribution in [3.63, 3.8) is 0 Å². The summed E-state index contributed by atoms with van der Waals surface area (Å²) in [7, 11) is 1.87. The summed E-state index contributed by atoms with van der Waals surface area (Å²) in [6, 6.07) is 0. The molecule has 0 bridgehead atoms. The van der Waals surface area contributed by atoms with Gasteiger partial charge >= 0.3 is 0 Å². The first kappa shape index (κ1) is 12.0. The van der Waals surface area contributed by atoms with Crippen molar-refractivity contribution < 1.29 is 0 Å².